The van der Waals surface area contributed by atoms with E-state index in [9.17, 15) is 9.59 Å². The van der Waals surface area contributed by atoms with Gasteiger partial charge in [-0.3, -0.25) is 9.59 Å². The smallest absolute Gasteiger partial charge is 0.307 e. The van der Waals surface area contributed by atoms with Crippen molar-refractivity contribution in [3.05, 3.63) is 0 Å². The number of carboxylic acids is 1. The summed E-state index contributed by atoms with van der Waals surface area (Å²) < 4.78 is 5.02. The molecule has 1 aliphatic carbocycles. The van der Waals surface area contributed by atoms with Crippen LogP contribution in [0.1, 0.15) is 33.1 Å². The lowest BCUT2D eigenvalue weighted by Gasteiger charge is -2.21. The molecule has 5 nitrogen and oxygen atoms in total. The third kappa shape index (κ3) is 3.70. The summed E-state index contributed by atoms with van der Waals surface area (Å²) in [7, 11) is 1.59. The van der Waals surface area contributed by atoms with Crippen LogP contribution in [0.3, 0.4) is 0 Å². The first-order valence-corrected chi connectivity index (χ1v) is 6.51. The van der Waals surface area contributed by atoms with Crippen LogP contribution >= 0.6 is 0 Å². The van der Waals surface area contributed by atoms with E-state index in [4.69, 9.17) is 9.84 Å². The number of carbonyl (C=O) groups is 2. The summed E-state index contributed by atoms with van der Waals surface area (Å²) in [4.78, 5) is 23.3. The molecule has 18 heavy (non-hydrogen) atoms. The third-order valence-corrected chi connectivity index (χ3v) is 3.66. The second-order valence-corrected chi connectivity index (χ2v) is 5.20. The predicted molar refractivity (Wildman–Crippen MR) is 67.1 cm³/mol. The second-order valence-electron chi connectivity index (χ2n) is 5.20. The summed E-state index contributed by atoms with van der Waals surface area (Å²) in [6, 6.07) is -0.0344. The molecule has 1 rings (SSSR count). The maximum atomic E-state index is 12.1. The fourth-order valence-corrected chi connectivity index (χ4v) is 2.63. The molecule has 0 aromatic heterocycles. The Bertz CT molecular complexity index is 305. The minimum atomic E-state index is -0.862. The van der Waals surface area contributed by atoms with Gasteiger partial charge in [-0.25, -0.2) is 0 Å². The van der Waals surface area contributed by atoms with Crippen LogP contribution < -0.4 is 5.32 Å². The largest absolute Gasteiger partial charge is 0.481 e. The number of hydrogen-bond donors (Lipinski definition) is 2. The molecule has 0 aromatic carbocycles. The molecule has 1 fully saturated rings. The fourth-order valence-electron chi connectivity index (χ4n) is 2.63. The average molecular weight is 257 g/mol. The van der Waals surface area contributed by atoms with E-state index in [1.54, 1.807) is 7.11 Å². The van der Waals surface area contributed by atoms with Crippen LogP contribution in [0.15, 0.2) is 0 Å². The van der Waals surface area contributed by atoms with Crippen molar-refractivity contribution in [2.45, 2.75) is 39.2 Å². The SMILES string of the molecule is CCC(COC)NC(=O)C1CC(C)CC1C(=O)O. The van der Waals surface area contributed by atoms with Crippen LogP contribution in [-0.4, -0.2) is 36.7 Å². The van der Waals surface area contributed by atoms with Gasteiger partial charge in [0, 0.05) is 7.11 Å². The van der Waals surface area contributed by atoms with Gasteiger partial charge in [0.05, 0.1) is 24.5 Å². The van der Waals surface area contributed by atoms with Gasteiger partial charge in [0.25, 0.3) is 0 Å². The molecule has 4 unspecified atom stereocenters. The van der Waals surface area contributed by atoms with Crippen molar-refractivity contribution < 1.29 is 19.4 Å². The summed E-state index contributed by atoms with van der Waals surface area (Å²) >= 11 is 0. The minimum absolute atomic E-state index is 0.0344. The molecule has 0 aromatic rings. The van der Waals surface area contributed by atoms with Crippen molar-refractivity contribution >= 4 is 11.9 Å². The van der Waals surface area contributed by atoms with Crippen molar-refractivity contribution in [2.24, 2.45) is 17.8 Å². The summed E-state index contributed by atoms with van der Waals surface area (Å²) in [5, 5.41) is 12.0. The molecule has 104 valence electrons. The van der Waals surface area contributed by atoms with Crippen molar-refractivity contribution in [3.63, 3.8) is 0 Å². The fraction of sp³-hybridized carbons (Fsp3) is 0.846. The first-order valence-electron chi connectivity index (χ1n) is 6.51. The molecule has 1 saturated carbocycles. The Kier molecular flexibility index (Phi) is 5.59. The summed E-state index contributed by atoms with van der Waals surface area (Å²) in [5.74, 6) is -1.65. The van der Waals surface area contributed by atoms with Crippen LogP contribution in [0.2, 0.25) is 0 Å². The van der Waals surface area contributed by atoms with Gasteiger partial charge < -0.3 is 15.2 Å². The number of aliphatic carboxylic acids is 1. The highest BCUT2D eigenvalue weighted by Gasteiger charge is 2.41. The van der Waals surface area contributed by atoms with Gasteiger partial charge in [-0.2, -0.15) is 0 Å². The summed E-state index contributed by atoms with van der Waals surface area (Å²) in [6.45, 7) is 4.42. The van der Waals surface area contributed by atoms with Gasteiger partial charge in [0.1, 0.15) is 0 Å². The maximum absolute atomic E-state index is 12.1. The molecule has 0 radical (unpaired) electrons. The number of carbonyl (C=O) groups excluding carboxylic acids is 1. The molecule has 0 saturated heterocycles. The molecule has 2 N–H and O–H groups in total. The molecular formula is C13H23NO4. The standard InChI is InChI=1S/C13H23NO4/c1-4-9(7-18-3)14-12(15)10-5-8(2)6-11(10)13(16)17/h8-11H,4-7H2,1-3H3,(H,14,15)(H,16,17). The predicted octanol–water partition coefficient (Wildman–Crippen LogP) is 1.27. The molecule has 0 aliphatic heterocycles. The van der Waals surface area contributed by atoms with Gasteiger partial charge in [-0.1, -0.05) is 13.8 Å². The van der Waals surface area contributed by atoms with Gasteiger partial charge in [0.15, 0.2) is 0 Å². The number of nitrogens with one attached hydrogen (secondary N) is 1. The zero-order valence-corrected chi connectivity index (χ0v) is 11.3. The van der Waals surface area contributed by atoms with Crippen LogP contribution in [0.4, 0.5) is 0 Å². The van der Waals surface area contributed by atoms with E-state index in [1.165, 1.54) is 0 Å². The lowest BCUT2D eigenvalue weighted by molar-refractivity contribution is -0.146. The monoisotopic (exact) mass is 257 g/mol. The Morgan fingerprint density at radius 3 is 2.50 bits per heavy atom. The van der Waals surface area contributed by atoms with E-state index in [-0.39, 0.29) is 11.9 Å². The molecule has 0 bridgehead atoms. The Morgan fingerprint density at radius 2 is 2.00 bits per heavy atom. The second kappa shape index (κ2) is 6.73. The number of carboxylic acid groups (broad SMARTS) is 1. The number of rotatable bonds is 6. The average Bonchev–Trinajstić information content (AvgIpc) is 2.71. The Hall–Kier alpha value is -1.10. The molecule has 1 amide bonds. The minimum Gasteiger partial charge on any atom is -0.481 e. The molecule has 0 heterocycles. The third-order valence-electron chi connectivity index (χ3n) is 3.66. The van der Waals surface area contributed by atoms with Crippen LogP contribution in [-0.2, 0) is 14.3 Å². The van der Waals surface area contributed by atoms with Crippen molar-refractivity contribution in [1.29, 1.82) is 0 Å². The topological polar surface area (TPSA) is 75.6 Å². The maximum Gasteiger partial charge on any atom is 0.307 e. The van der Waals surface area contributed by atoms with Crippen molar-refractivity contribution in [2.75, 3.05) is 13.7 Å². The molecule has 4 atom stereocenters. The number of ether oxygens (including phenoxy) is 1. The van der Waals surface area contributed by atoms with Gasteiger partial charge in [-0.05, 0) is 25.2 Å². The number of hydrogen-bond acceptors (Lipinski definition) is 3. The highest BCUT2D eigenvalue weighted by molar-refractivity contribution is 5.85. The van der Waals surface area contributed by atoms with Gasteiger partial charge in [-0.15, -0.1) is 0 Å². The zero-order valence-electron chi connectivity index (χ0n) is 11.3. The normalized spacial score (nSPS) is 28.9. The van der Waals surface area contributed by atoms with Crippen LogP contribution in [0.5, 0.6) is 0 Å². The van der Waals surface area contributed by atoms with E-state index >= 15 is 0 Å². The van der Waals surface area contributed by atoms with Crippen molar-refractivity contribution in [1.82, 2.24) is 5.32 Å². The van der Waals surface area contributed by atoms with E-state index in [0.29, 0.717) is 25.4 Å². The van der Waals surface area contributed by atoms with Crippen LogP contribution in [0, 0.1) is 17.8 Å². The molecule has 5 heteroatoms. The van der Waals surface area contributed by atoms with E-state index < -0.39 is 17.8 Å². The van der Waals surface area contributed by atoms with Crippen LogP contribution in [0.25, 0.3) is 0 Å². The Morgan fingerprint density at radius 1 is 1.39 bits per heavy atom. The number of amides is 1. The molecule has 1 aliphatic rings. The van der Waals surface area contributed by atoms with Gasteiger partial charge >= 0.3 is 5.97 Å². The molecular weight excluding hydrogens is 234 g/mol. The van der Waals surface area contributed by atoms with E-state index in [2.05, 4.69) is 5.32 Å². The van der Waals surface area contributed by atoms with E-state index in [1.807, 2.05) is 13.8 Å². The summed E-state index contributed by atoms with van der Waals surface area (Å²) in [6.07, 6.45) is 2.03. The Balaban J connectivity index is 2.61. The lowest BCUT2D eigenvalue weighted by atomic mass is 9.95. The number of methoxy groups -OCH3 is 1. The van der Waals surface area contributed by atoms with E-state index in [0.717, 1.165) is 6.42 Å². The quantitative estimate of drug-likeness (QED) is 0.751. The molecule has 0 spiro atoms. The highest BCUT2D eigenvalue weighted by Crippen LogP contribution is 2.36. The summed E-state index contributed by atoms with van der Waals surface area (Å²) in [5.41, 5.74) is 0. The zero-order chi connectivity index (χ0) is 13.7. The highest BCUT2D eigenvalue weighted by atomic mass is 16.5. The van der Waals surface area contributed by atoms with Gasteiger partial charge in [0.2, 0.25) is 5.91 Å². The first-order chi connectivity index (χ1) is 8.49. The van der Waals surface area contributed by atoms with Crippen molar-refractivity contribution in [3.8, 4) is 0 Å². The first kappa shape index (κ1) is 15.0. The lowest BCUT2D eigenvalue weighted by Crippen LogP contribution is -2.43. The Labute approximate surface area is 108 Å².